The highest BCUT2D eigenvalue weighted by molar-refractivity contribution is 5.91. The van der Waals surface area contributed by atoms with Gasteiger partial charge in [0.1, 0.15) is 11.5 Å². The zero-order valence-electron chi connectivity index (χ0n) is 17.1. The van der Waals surface area contributed by atoms with E-state index in [0.29, 0.717) is 11.3 Å². The molecule has 5 nitrogen and oxygen atoms in total. The summed E-state index contributed by atoms with van der Waals surface area (Å²) in [5.41, 5.74) is 1.55. The van der Waals surface area contributed by atoms with Crippen molar-refractivity contribution in [3.8, 4) is 17.2 Å². The van der Waals surface area contributed by atoms with Gasteiger partial charge in [-0.3, -0.25) is 9.78 Å². The third kappa shape index (κ3) is 5.23. The van der Waals surface area contributed by atoms with E-state index >= 15 is 0 Å². The maximum atomic E-state index is 14.3. The highest BCUT2D eigenvalue weighted by Gasteiger charge is 2.15. The summed E-state index contributed by atoms with van der Waals surface area (Å²) >= 11 is 0. The molecule has 1 heterocycles. The first kappa shape index (κ1) is 21.0. The largest absolute Gasteiger partial charge is 0.497 e. The molecular weight excluding hydrogens is 383 g/mol. The van der Waals surface area contributed by atoms with Crippen LogP contribution >= 0.6 is 0 Å². The van der Waals surface area contributed by atoms with Gasteiger partial charge in [0.05, 0.1) is 19.3 Å². The second-order valence-corrected chi connectivity index (χ2v) is 6.71. The van der Waals surface area contributed by atoms with Gasteiger partial charge in [-0.1, -0.05) is 18.2 Å². The van der Waals surface area contributed by atoms with Crippen LogP contribution in [0, 0.1) is 5.82 Å². The van der Waals surface area contributed by atoms with Crippen molar-refractivity contribution in [1.82, 2.24) is 9.88 Å². The number of likely N-dealkylation sites (N-methyl/N-ethyl adjacent to an activating group) is 1. The Morgan fingerprint density at radius 1 is 1.13 bits per heavy atom. The van der Waals surface area contributed by atoms with Crippen molar-refractivity contribution in [1.29, 1.82) is 0 Å². The molecular formula is C24H23FN2O3. The number of rotatable bonds is 7. The van der Waals surface area contributed by atoms with E-state index in [1.54, 1.807) is 49.5 Å². The van der Waals surface area contributed by atoms with E-state index in [-0.39, 0.29) is 17.7 Å². The predicted molar refractivity (Wildman–Crippen MR) is 114 cm³/mol. The molecule has 0 N–H and O–H groups in total. The molecule has 154 valence electrons. The maximum Gasteiger partial charge on any atom is 0.246 e. The minimum atomic E-state index is -0.520. The number of amides is 1. The van der Waals surface area contributed by atoms with Gasteiger partial charge >= 0.3 is 0 Å². The van der Waals surface area contributed by atoms with E-state index in [4.69, 9.17) is 9.47 Å². The van der Waals surface area contributed by atoms with Crippen LogP contribution in [0.1, 0.15) is 24.1 Å². The normalized spacial score (nSPS) is 11.9. The molecule has 0 saturated heterocycles. The average molecular weight is 406 g/mol. The molecule has 0 aliphatic heterocycles. The van der Waals surface area contributed by atoms with Crippen LogP contribution in [-0.4, -0.2) is 29.9 Å². The maximum absolute atomic E-state index is 14.3. The van der Waals surface area contributed by atoms with Crippen LogP contribution in [0.25, 0.3) is 6.08 Å². The highest BCUT2D eigenvalue weighted by atomic mass is 19.1. The number of nitrogens with zero attached hydrogens (tertiary/aromatic N) is 2. The van der Waals surface area contributed by atoms with Crippen LogP contribution in [0.3, 0.4) is 0 Å². The fourth-order valence-corrected chi connectivity index (χ4v) is 2.82. The van der Waals surface area contributed by atoms with Crippen LogP contribution in [0.4, 0.5) is 4.39 Å². The smallest absolute Gasteiger partial charge is 0.246 e. The highest BCUT2D eigenvalue weighted by Crippen LogP contribution is 2.25. The second-order valence-electron chi connectivity index (χ2n) is 6.71. The standard InChI is InChI=1S/C24H23FN2O3/c1-17(19-8-10-20(29-3)11-9-19)27(2)24(28)13-7-18-6-12-23(22(25)15-18)30-21-5-4-14-26-16-21/h4-17H,1-3H3/b13-7+. The molecule has 0 fully saturated rings. The minimum Gasteiger partial charge on any atom is -0.497 e. The van der Waals surface area contributed by atoms with Gasteiger partial charge < -0.3 is 14.4 Å². The van der Waals surface area contributed by atoms with E-state index in [9.17, 15) is 9.18 Å². The van der Waals surface area contributed by atoms with E-state index < -0.39 is 5.82 Å². The summed E-state index contributed by atoms with van der Waals surface area (Å²) in [5.74, 6) is 0.598. The van der Waals surface area contributed by atoms with E-state index in [2.05, 4.69) is 4.98 Å². The van der Waals surface area contributed by atoms with E-state index in [0.717, 1.165) is 11.3 Å². The van der Waals surface area contributed by atoms with E-state index in [1.165, 1.54) is 24.4 Å². The number of ether oxygens (including phenoxy) is 2. The van der Waals surface area contributed by atoms with Crippen LogP contribution in [0.5, 0.6) is 17.2 Å². The first-order chi connectivity index (χ1) is 14.5. The second kappa shape index (κ2) is 9.69. The average Bonchev–Trinajstić information content (AvgIpc) is 2.79. The topological polar surface area (TPSA) is 51.7 Å². The summed E-state index contributed by atoms with van der Waals surface area (Å²) in [6, 6.07) is 15.4. The number of hydrogen-bond donors (Lipinski definition) is 0. The number of halogens is 1. The van der Waals surface area contributed by atoms with Gasteiger partial charge in [-0.15, -0.1) is 0 Å². The molecule has 1 unspecified atom stereocenters. The Kier molecular flexibility index (Phi) is 6.80. The Morgan fingerprint density at radius 3 is 2.53 bits per heavy atom. The van der Waals surface area contributed by atoms with Crippen LogP contribution in [0.2, 0.25) is 0 Å². The van der Waals surface area contributed by atoms with Crippen molar-refractivity contribution in [2.24, 2.45) is 0 Å². The molecule has 0 radical (unpaired) electrons. The van der Waals surface area contributed by atoms with Crippen LogP contribution < -0.4 is 9.47 Å². The number of pyridine rings is 1. The van der Waals surface area contributed by atoms with Gasteiger partial charge in [0.2, 0.25) is 5.91 Å². The summed E-state index contributed by atoms with van der Waals surface area (Å²) in [5, 5.41) is 0. The van der Waals surface area contributed by atoms with Crippen molar-refractivity contribution in [2.45, 2.75) is 13.0 Å². The molecule has 0 aliphatic rings. The zero-order chi connectivity index (χ0) is 21.5. The monoisotopic (exact) mass is 406 g/mol. The SMILES string of the molecule is COc1ccc(C(C)N(C)C(=O)/C=C/c2ccc(Oc3cccnc3)c(F)c2)cc1. The van der Waals surface area contributed by atoms with Gasteiger partial charge in [0.15, 0.2) is 11.6 Å². The summed E-state index contributed by atoms with van der Waals surface area (Å²) in [7, 11) is 3.34. The van der Waals surface area contributed by atoms with Crippen molar-refractivity contribution in [3.05, 3.63) is 90.0 Å². The van der Waals surface area contributed by atoms with Crippen molar-refractivity contribution >= 4 is 12.0 Å². The molecule has 3 aromatic rings. The number of methoxy groups -OCH3 is 1. The van der Waals surface area contributed by atoms with Gasteiger partial charge in [-0.2, -0.15) is 0 Å². The van der Waals surface area contributed by atoms with Crippen molar-refractivity contribution in [2.75, 3.05) is 14.2 Å². The number of hydrogen-bond acceptors (Lipinski definition) is 4. The number of aromatic nitrogens is 1. The lowest BCUT2D eigenvalue weighted by Gasteiger charge is -2.24. The molecule has 0 spiro atoms. The molecule has 6 heteroatoms. The van der Waals surface area contributed by atoms with Gasteiger partial charge in [-0.25, -0.2) is 4.39 Å². The molecule has 1 amide bonds. The Labute approximate surface area is 175 Å². The fraction of sp³-hybridized carbons (Fsp3) is 0.167. The summed E-state index contributed by atoms with van der Waals surface area (Å²) in [6.45, 7) is 1.94. The lowest BCUT2D eigenvalue weighted by atomic mass is 10.1. The molecule has 0 aliphatic carbocycles. The molecule has 1 atom stereocenters. The summed E-state index contributed by atoms with van der Waals surface area (Å²) < 4.78 is 25.0. The molecule has 1 aromatic heterocycles. The van der Waals surface area contributed by atoms with Gasteiger partial charge in [-0.05, 0) is 60.5 Å². The van der Waals surface area contributed by atoms with E-state index in [1.807, 2.05) is 31.2 Å². The quantitative estimate of drug-likeness (QED) is 0.503. The molecule has 0 saturated carbocycles. The third-order valence-electron chi connectivity index (χ3n) is 4.76. The van der Waals surface area contributed by atoms with Crippen molar-refractivity contribution < 1.29 is 18.7 Å². The first-order valence-corrected chi connectivity index (χ1v) is 9.44. The third-order valence-corrected chi connectivity index (χ3v) is 4.76. The number of carbonyl (C=O) groups is 1. The van der Waals surface area contributed by atoms with Crippen LogP contribution in [-0.2, 0) is 4.79 Å². The lowest BCUT2D eigenvalue weighted by Crippen LogP contribution is -2.27. The van der Waals surface area contributed by atoms with Crippen molar-refractivity contribution in [3.63, 3.8) is 0 Å². The Bertz CT molecular complexity index is 1020. The van der Waals surface area contributed by atoms with Gasteiger partial charge in [0, 0.05) is 19.3 Å². The number of benzene rings is 2. The summed E-state index contributed by atoms with van der Waals surface area (Å²) in [4.78, 5) is 18.1. The molecule has 0 bridgehead atoms. The zero-order valence-corrected chi connectivity index (χ0v) is 17.1. The Morgan fingerprint density at radius 2 is 1.90 bits per heavy atom. The minimum absolute atomic E-state index is 0.0942. The number of carbonyl (C=O) groups excluding carboxylic acids is 1. The Balaban J connectivity index is 1.65. The molecule has 3 rings (SSSR count). The fourth-order valence-electron chi connectivity index (χ4n) is 2.82. The first-order valence-electron chi connectivity index (χ1n) is 9.44. The molecule has 30 heavy (non-hydrogen) atoms. The van der Waals surface area contributed by atoms with Gasteiger partial charge in [0.25, 0.3) is 0 Å². The van der Waals surface area contributed by atoms with Crippen LogP contribution in [0.15, 0.2) is 73.1 Å². The summed E-state index contributed by atoms with van der Waals surface area (Å²) in [6.07, 6.45) is 6.12. The lowest BCUT2D eigenvalue weighted by molar-refractivity contribution is -0.126. The Hall–Kier alpha value is -3.67. The predicted octanol–water partition coefficient (Wildman–Crippen LogP) is 5.25. The molecule has 2 aromatic carbocycles.